The normalized spacial score (nSPS) is 23.3. The van der Waals surface area contributed by atoms with E-state index in [2.05, 4.69) is 39.8 Å². The number of ether oxygens (including phenoxy) is 2. The number of hydrogen-bond acceptors (Lipinski definition) is 10. The number of nitriles is 1. The van der Waals surface area contributed by atoms with Gasteiger partial charge in [-0.05, 0) is 58.0 Å². The Morgan fingerprint density at radius 2 is 1.96 bits per heavy atom. The number of nitrogen functional groups attached to an aromatic ring is 1. The molecule has 4 aliphatic rings. The van der Waals surface area contributed by atoms with Crippen molar-refractivity contribution in [2.75, 3.05) is 64.1 Å². The number of fused-ring (bicyclic) bond motifs is 2. The van der Waals surface area contributed by atoms with Crippen LogP contribution in [0.2, 0.25) is 5.02 Å². The van der Waals surface area contributed by atoms with Gasteiger partial charge in [-0.2, -0.15) is 15.2 Å². The van der Waals surface area contributed by atoms with Gasteiger partial charge in [-0.15, -0.1) is 11.3 Å². The molecule has 3 aliphatic heterocycles. The Kier molecular flexibility index (Phi) is 8.02. The summed E-state index contributed by atoms with van der Waals surface area (Å²) in [5.74, 6) is -0.703. The van der Waals surface area contributed by atoms with Crippen molar-refractivity contribution in [3.8, 4) is 29.0 Å². The first-order valence-electron chi connectivity index (χ1n) is 16.8. The third-order valence-corrected chi connectivity index (χ3v) is 12.6. The Hall–Kier alpha value is -3.57. The Morgan fingerprint density at radius 1 is 1.16 bits per heavy atom. The summed E-state index contributed by atoms with van der Waals surface area (Å²) < 4.78 is 59.7. The van der Waals surface area contributed by atoms with Crippen LogP contribution in [0.4, 0.5) is 24.0 Å². The molecule has 3 fully saturated rings. The molecule has 2 aromatic heterocycles. The van der Waals surface area contributed by atoms with Gasteiger partial charge in [0.15, 0.2) is 11.6 Å². The summed E-state index contributed by atoms with van der Waals surface area (Å²) >= 11 is 8.00. The van der Waals surface area contributed by atoms with E-state index in [0.29, 0.717) is 37.3 Å². The highest BCUT2D eigenvalue weighted by Crippen LogP contribution is 2.51. The van der Waals surface area contributed by atoms with Gasteiger partial charge >= 0.3 is 6.01 Å². The van der Waals surface area contributed by atoms with Crippen molar-refractivity contribution < 1.29 is 22.6 Å². The highest BCUT2D eigenvalue weighted by molar-refractivity contribution is 7.23. The standard InChI is InChI=1S/C35H37ClF3N7O2S/c1-44(2)34(8-3-4-9-34)17-45-12-13-47-29-25-28(42-33(43-32(25)45)48-18-35-10-5-11-46(35)16-19(37)14-35)27(39)24(26(29)36)20-6-7-22(38)30-23(20)21(15-40)31(41)49-30/h6-7,19H,3-5,8-14,16-18,41H2,1-2H3/t19-,35+/m1/s1. The van der Waals surface area contributed by atoms with Crippen LogP contribution in [0.25, 0.3) is 32.1 Å². The number of nitrogens with two attached hydrogens (primary N) is 1. The van der Waals surface area contributed by atoms with E-state index in [0.717, 1.165) is 56.4 Å². The number of likely N-dealkylation sites (N-methyl/N-ethyl adjacent to an activating group) is 1. The molecule has 5 heterocycles. The molecule has 2 atom stereocenters. The van der Waals surface area contributed by atoms with E-state index >= 15 is 8.78 Å². The minimum Gasteiger partial charge on any atom is -0.489 e. The van der Waals surface area contributed by atoms with Crippen molar-refractivity contribution in [2.45, 2.75) is 62.2 Å². The fourth-order valence-electron chi connectivity index (χ4n) is 8.71. The van der Waals surface area contributed by atoms with Gasteiger partial charge in [0.1, 0.15) is 47.6 Å². The molecule has 14 heteroatoms. The summed E-state index contributed by atoms with van der Waals surface area (Å²) in [5.41, 5.74) is 5.63. The fourth-order valence-corrected chi connectivity index (χ4v) is 9.99. The lowest BCUT2D eigenvalue weighted by molar-refractivity contribution is 0.107. The van der Waals surface area contributed by atoms with Crippen LogP contribution in [-0.2, 0) is 0 Å². The lowest BCUT2D eigenvalue weighted by Crippen LogP contribution is -2.51. The monoisotopic (exact) mass is 711 g/mol. The van der Waals surface area contributed by atoms with E-state index in [1.165, 1.54) is 12.1 Å². The van der Waals surface area contributed by atoms with Crippen LogP contribution in [0.5, 0.6) is 11.8 Å². The topological polar surface area (TPSA) is 104 Å². The predicted octanol–water partition coefficient (Wildman–Crippen LogP) is 6.93. The number of halogens is 4. The Morgan fingerprint density at radius 3 is 2.71 bits per heavy atom. The molecule has 1 aliphatic carbocycles. The summed E-state index contributed by atoms with van der Waals surface area (Å²) in [6.45, 7) is 2.65. The molecule has 4 aromatic rings. The molecule has 1 saturated carbocycles. The van der Waals surface area contributed by atoms with Crippen LogP contribution in [0, 0.1) is 23.0 Å². The van der Waals surface area contributed by atoms with Crippen LogP contribution in [-0.4, -0.2) is 90.5 Å². The van der Waals surface area contributed by atoms with E-state index in [-0.39, 0.29) is 72.8 Å². The third kappa shape index (κ3) is 5.08. The number of aromatic nitrogens is 2. The number of benzene rings is 2. The molecule has 49 heavy (non-hydrogen) atoms. The van der Waals surface area contributed by atoms with E-state index in [9.17, 15) is 9.65 Å². The van der Waals surface area contributed by atoms with E-state index in [4.69, 9.17) is 31.8 Å². The van der Waals surface area contributed by atoms with Crippen molar-refractivity contribution in [3.63, 3.8) is 0 Å². The summed E-state index contributed by atoms with van der Waals surface area (Å²) in [6.07, 6.45) is 5.39. The molecular formula is C35H37ClF3N7O2S. The van der Waals surface area contributed by atoms with Gasteiger partial charge in [-0.3, -0.25) is 4.90 Å². The maximum Gasteiger partial charge on any atom is 0.319 e. The number of anilines is 2. The molecule has 0 radical (unpaired) electrons. The zero-order chi connectivity index (χ0) is 34.2. The second-order valence-electron chi connectivity index (χ2n) is 14.1. The Labute approximate surface area is 291 Å². The van der Waals surface area contributed by atoms with Gasteiger partial charge in [0.2, 0.25) is 0 Å². The zero-order valence-corrected chi connectivity index (χ0v) is 29.0. The Balaban J connectivity index is 1.33. The molecule has 258 valence electrons. The maximum atomic E-state index is 17.3. The maximum absolute atomic E-state index is 17.3. The lowest BCUT2D eigenvalue weighted by Gasteiger charge is -2.41. The summed E-state index contributed by atoms with van der Waals surface area (Å²) in [6, 6.07) is 4.64. The number of thiophene rings is 1. The molecule has 2 aromatic carbocycles. The number of hydrogen-bond donors (Lipinski definition) is 1. The zero-order valence-electron chi connectivity index (χ0n) is 27.4. The smallest absolute Gasteiger partial charge is 0.319 e. The summed E-state index contributed by atoms with van der Waals surface area (Å²) in [5, 5.41) is 10.5. The Bertz CT molecular complexity index is 2030. The predicted molar refractivity (Wildman–Crippen MR) is 186 cm³/mol. The van der Waals surface area contributed by atoms with Gasteiger partial charge in [0, 0.05) is 36.0 Å². The van der Waals surface area contributed by atoms with Crippen LogP contribution in [0.15, 0.2) is 12.1 Å². The second kappa shape index (κ2) is 12.0. The first-order valence-corrected chi connectivity index (χ1v) is 18.0. The molecule has 2 N–H and O–H groups in total. The average molecular weight is 712 g/mol. The van der Waals surface area contributed by atoms with Crippen molar-refractivity contribution in [2.24, 2.45) is 0 Å². The molecule has 0 unspecified atom stereocenters. The van der Waals surface area contributed by atoms with Crippen LogP contribution < -0.4 is 20.1 Å². The lowest BCUT2D eigenvalue weighted by atomic mass is 9.94. The number of nitrogens with zero attached hydrogens (tertiary/aromatic N) is 6. The fraction of sp³-hybridized carbons (Fsp3) is 0.514. The molecule has 9 nitrogen and oxygen atoms in total. The molecular weight excluding hydrogens is 675 g/mol. The summed E-state index contributed by atoms with van der Waals surface area (Å²) in [7, 11) is 4.17. The van der Waals surface area contributed by atoms with Crippen LogP contribution in [0.3, 0.4) is 0 Å². The molecule has 2 saturated heterocycles. The van der Waals surface area contributed by atoms with Gasteiger partial charge in [0.05, 0.1) is 32.8 Å². The number of rotatable bonds is 7. The van der Waals surface area contributed by atoms with Crippen molar-refractivity contribution in [1.29, 1.82) is 5.26 Å². The largest absolute Gasteiger partial charge is 0.489 e. The molecule has 8 rings (SSSR count). The molecule has 0 amide bonds. The van der Waals surface area contributed by atoms with Crippen LogP contribution in [0.1, 0.15) is 50.5 Å². The quantitative estimate of drug-likeness (QED) is 0.219. The van der Waals surface area contributed by atoms with Gasteiger partial charge in [-0.25, -0.2) is 13.2 Å². The van der Waals surface area contributed by atoms with Crippen molar-refractivity contribution in [3.05, 3.63) is 34.4 Å². The molecule has 0 spiro atoms. The van der Waals surface area contributed by atoms with E-state index in [1.807, 2.05) is 0 Å². The molecule has 0 bridgehead atoms. The van der Waals surface area contributed by atoms with Gasteiger partial charge < -0.3 is 25.0 Å². The van der Waals surface area contributed by atoms with E-state index < -0.39 is 23.3 Å². The third-order valence-electron chi connectivity index (χ3n) is 11.2. The van der Waals surface area contributed by atoms with E-state index in [1.54, 1.807) is 0 Å². The van der Waals surface area contributed by atoms with Crippen LogP contribution >= 0.6 is 22.9 Å². The highest BCUT2D eigenvalue weighted by atomic mass is 35.5. The minimum atomic E-state index is -0.936. The van der Waals surface area contributed by atoms with Gasteiger partial charge in [0.25, 0.3) is 0 Å². The highest BCUT2D eigenvalue weighted by Gasteiger charge is 2.49. The first-order chi connectivity index (χ1) is 23.6. The average Bonchev–Trinajstić information content (AvgIpc) is 3.82. The second-order valence-corrected chi connectivity index (χ2v) is 15.5. The van der Waals surface area contributed by atoms with Crippen molar-refractivity contribution >= 4 is 54.7 Å². The van der Waals surface area contributed by atoms with Crippen molar-refractivity contribution in [1.82, 2.24) is 19.8 Å². The summed E-state index contributed by atoms with van der Waals surface area (Å²) in [4.78, 5) is 16.1. The minimum absolute atomic E-state index is 0.0249. The SMILES string of the molecule is CN(C)C1(CN2CCOc3c(Cl)c(-c4ccc(F)c5sc(N)c(C#N)c45)c(F)c4nc(OC[C@@]56CCCN5C[C@H](F)C6)nc2c34)CCCC1. The number of alkyl halides is 1. The first kappa shape index (κ1) is 32.6. The van der Waals surface area contributed by atoms with Gasteiger partial charge in [-0.1, -0.05) is 30.5 Å².